The van der Waals surface area contributed by atoms with Crippen LogP contribution in [0.1, 0.15) is 11.1 Å². The number of aliphatic hydroxyl groups is 1. The summed E-state index contributed by atoms with van der Waals surface area (Å²) in [5, 5.41) is 11.9. The maximum Gasteiger partial charge on any atom is 0.416 e. The van der Waals surface area contributed by atoms with Crippen LogP contribution in [0.15, 0.2) is 46.0 Å². The maximum atomic E-state index is 12.6. The molecule has 1 atom stereocenters. The number of hydrogen-bond donors (Lipinski definition) is 1. The topological polar surface area (TPSA) is 20.2 Å². The van der Waals surface area contributed by atoms with Crippen LogP contribution in [0.3, 0.4) is 0 Å². The Morgan fingerprint density at radius 3 is 2.64 bits per heavy atom. The minimum Gasteiger partial charge on any atom is -0.391 e. The van der Waals surface area contributed by atoms with Gasteiger partial charge in [-0.05, 0) is 23.1 Å². The Bertz CT molecular complexity index is 570. The van der Waals surface area contributed by atoms with Crippen LogP contribution >= 0.6 is 34.9 Å². The molecule has 120 valence electrons. The Hall–Kier alpha value is -0.630. The molecule has 1 N–H and O–H groups in total. The van der Waals surface area contributed by atoms with E-state index in [4.69, 9.17) is 0 Å². The van der Waals surface area contributed by atoms with Crippen LogP contribution in [-0.4, -0.2) is 22.7 Å². The first kappa shape index (κ1) is 17.7. The summed E-state index contributed by atoms with van der Waals surface area (Å²) >= 11 is 4.67. The van der Waals surface area contributed by atoms with Crippen LogP contribution in [0.2, 0.25) is 0 Å². The fraction of sp³-hybridized carbons (Fsp3) is 0.333. The molecule has 1 aromatic heterocycles. The number of hydrogen-bond acceptors (Lipinski definition) is 4. The Morgan fingerprint density at radius 1 is 1.14 bits per heavy atom. The zero-order valence-electron chi connectivity index (χ0n) is 11.5. The first-order valence-electron chi connectivity index (χ1n) is 6.53. The van der Waals surface area contributed by atoms with E-state index in [2.05, 4.69) is 0 Å². The van der Waals surface area contributed by atoms with Gasteiger partial charge in [0.2, 0.25) is 0 Å². The fourth-order valence-electron chi connectivity index (χ4n) is 1.72. The Balaban J connectivity index is 1.74. The van der Waals surface area contributed by atoms with Gasteiger partial charge in [0, 0.05) is 17.3 Å². The molecule has 0 bridgehead atoms. The molecule has 0 radical (unpaired) electrons. The van der Waals surface area contributed by atoms with E-state index >= 15 is 0 Å². The zero-order chi connectivity index (χ0) is 16.0. The predicted molar refractivity (Wildman–Crippen MR) is 88.7 cm³/mol. The van der Waals surface area contributed by atoms with Crippen LogP contribution in [0.25, 0.3) is 0 Å². The highest BCUT2D eigenvalue weighted by molar-refractivity contribution is 8.01. The Labute approximate surface area is 139 Å². The van der Waals surface area contributed by atoms with E-state index in [0.717, 1.165) is 10.3 Å². The summed E-state index contributed by atoms with van der Waals surface area (Å²) in [5.74, 6) is 1.56. The summed E-state index contributed by atoms with van der Waals surface area (Å²) < 4.78 is 39.0. The van der Waals surface area contributed by atoms with Gasteiger partial charge in [0.1, 0.15) is 0 Å². The molecule has 0 unspecified atom stereocenters. The van der Waals surface area contributed by atoms with Gasteiger partial charge in [0.15, 0.2) is 0 Å². The number of thiophene rings is 1. The van der Waals surface area contributed by atoms with Gasteiger partial charge in [0.25, 0.3) is 0 Å². The molecule has 7 heteroatoms. The van der Waals surface area contributed by atoms with Crippen molar-refractivity contribution >= 4 is 34.9 Å². The van der Waals surface area contributed by atoms with Crippen molar-refractivity contribution in [2.45, 2.75) is 22.2 Å². The normalized spacial score (nSPS) is 13.3. The minimum atomic E-state index is -4.31. The number of benzene rings is 1. The lowest BCUT2D eigenvalue weighted by Gasteiger charge is -2.11. The largest absolute Gasteiger partial charge is 0.416 e. The van der Waals surface area contributed by atoms with Crippen molar-refractivity contribution < 1.29 is 18.3 Å². The molecule has 0 fully saturated rings. The molecular formula is C15H15F3OS3. The summed E-state index contributed by atoms with van der Waals surface area (Å²) in [5.41, 5.74) is -0.00247. The molecule has 2 rings (SSSR count). The van der Waals surface area contributed by atoms with E-state index < -0.39 is 17.8 Å². The molecule has 1 aromatic carbocycles. The molecule has 1 heterocycles. The second-order valence-corrected chi connectivity index (χ2v) is 7.91. The van der Waals surface area contributed by atoms with Crippen LogP contribution in [0.4, 0.5) is 13.2 Å². The van der Waals surface area contributed by atoms with Crippen LogP contribution in [-0.2, 0) is 11.9 Å². The van der Waals surface area contributed by atoms with Gasteiger partial charge in [-0.2, -0.15) is 24.9 Å². The zero-order valence-corrected chi connectivity index (χ0v) is 14.0. The quantitative estimate of drug-likeness (QED) is 0.686. The van der Waals surface area contributed by atoms with Crippen LogP contribution < -0.4 is 0 Å². The van der Waals surface area contributed by atoms with Crippen molar-refractivity contribution in [2.75, 3.05) is 11.5 Å². The molecule has 0 aliphatic carbocycles. The summed E-state index contributed by atoms with van der Waals surface area (Å²) in [6, 6.07) is 9.29. The summed E-state index contributed by atoms with van der Waals surface area (Å²) in [6.07, 6.45) is -4.78. The van der Waals surface area contributed by atoms with Gasteiger partial charge in [0.05, 0.1) is 15.9 Å². The number of alkyl halides is 3. The van der Waals surface area contributed by atoms with Crippen molar-refractivity contribution in [1.82, 2.24) is 0 Å². The van der Waals surface area contributed by atoms with E-state index in [9.17, 15) is 18.3 Å². The van der Waals surface area contributed by atoms with Gasteiger partial charge in [-0.3, -0.25) is 0 Å². The summed E-state index contributed by atoms with van der Waals surface area (Å²) in [6.45, 7) is 0. The molecule has 0 aliphatic rings. The average Bonchev–Trinajstić information content (AvgIpc) is 2.98. The monoisotopic (exact) mass is 364 g/mol. The minimum absolute atomic E-state index is 0.463. The lowest BCUT2D eigenvalue weighted by Crippen LogP contribution is -2.13. The van der Waals surface area contributed by atoms with Crippen molar-refractivity contribution in [3.05, 3.63) is 52.9 Å². The lowest BCUT2D eigenvalue weighted by molar-refractivity contribution is -0.137. The maximum absolute atomic E-state index is 12.6. The van der Waals surface area contributed by atoms with Crippen molar-refractivity contribution in [1.29, 1.82) is 0 Å². The van der Waals surface area contributed by atoms with E-state index in [0.29, 0.717) is 22.8 Å². The molecule has 1 nitrogen and oxygen atoms in total. The third-order valence-corrected chi connectivity index (χ3v) is 6.18. The molecule has 0 saturated carbocycles. The molecule has 0 saturated heterocycles. The lowest BCUT2D eigenvalue weighted by atomic mass is 10.1. The predicted octanol–water partition coefficient (Wildman–Crippen LogP) is 5.15. The molecule has 22 heavy (non-hydrogen) atoms. The Morgan fingerprint density at radius 2 is 1.95 bits per heavy atom. The molecule has 0 aliphatic heterocycles. The van der Waals surface area contributed by atoms with Crippen molar-refractivity contribution in [3.63, 3.8) is 0 Å². The SMILES string of the molecule is O[C@H](CSCc1cccc(C(F)(F)F)c1)CSc1cccs1. The molecular weight excluding hydrogens is 349 g/mol. The van der Waals surface area contributed by atoms with Crippen molar-refractivity contribution in [3.8, 4) is 0 Å². The van der Waals surface area contributed by atoms with Gasteiger partial charge in [-0.25, -0.2) is 0 Å². The van der Waals surface area contributed by atoms with Crippen molar-refractivity contribution in [2.24, 2.45) is 0 Å². The second-order valence-electron chi connectivity index (χ2n) is 4.61. The Kier molecular flexibility index (Phi) is 6.67. The van der Waals surface area contributed by atoms with Gasteiger partial charge < -0.3 is 5.11 Å². The molecule has 2 aromatic rings. The highest BCUT2D eigenvalue weighted by atomic mass is 32.2. The van der Waals surface area contributed by atoms with Crippen LogP contribution in [0.5, 0.6) is 0 Å². The number of aliphatic hydroxyl groups excluding tert-OH is 1. The number of halogens is 3. The third-order valence-electron chi connectivity index (χ3n) is 2.75. The van der Waals surface area contributed by atoms with E-state index in [1.165, 1.54) is 23.9 Å². The summed E-state index contributed by atoms with van der Waals surface area (Å²) in [4.78, 5) is 0. The fourth-order valence-corrected chi connectivity index (χ4v) is 4.54. The smallest absolute Gasteiger partial charge is 0.391 e. The second kappa shape index (κ2) is 8.29. The standard InChI is InChI=1S/C15H15F3OS3/c16-15(17,18)12-4-1-3-11(7-12)8-20-9-13(19)10-22-14-5-2-6-21-14/h1-7,13,19H,8-10H2/t13-/m1/s1. The van der Waals surface area contributed by atoms with Gasteiger partial charge in [-0.1, -0.05) is 24.3 Å². The third kappa shape index (κ3) is 5.87. The van der Waals surface area contributed by atoms with E-state index in [1.54, 1.807) is 29.2 Å². The van der Waals surface area contributed by atoms with Gasteiger partial charge in [-0.15, -0.1) is 23.1 Å². The number of thioether (sulfide) groups is 2. The number of rotatable bonds is 7. The van der Waals surface area contributed by atoms with E-state index in [-0.39, 0.29) is 0 Å². The molecule has 0 amide bonds. The average molecular weight is 364 g/mol. The highest BCUT2D eigenvalue weighted by Crippen LogP contribution is 2.30. The van der Waals surface area contributed by atoms with E-state index in [1.807, 2.05) is 17.5 Å². The highest BCUT2D eigenvalue weighted by Gasteiger charge is 2.30. The summed E-state index contributed by atoms with van der Waals surface area (Å²) in [7, 11) is 0. The van der Waals surface area contributed by atoms with Gasteiger partial charge >= 0.3 is 6.18 Å². The van der Waals surface area contributed by atoms with Crippen LogP contribution in [0, 0.1) is 0 Å². The molecule has 0 spiro atoms. The first-order chi connectivity index (χ1) is 10.4. The first-order valence-corrected chi connectivity index (χ1v) is 9.55.